The molecular weight excluding hydrogens is 638 g/mol. The molecule has 1 aliphatic carbocycles. The highest BCUT2D eigenvalue weighted by Crippen LogP contribution is 2.36. The summed E-state index contributed by atoms with van der Waals surface area (Å²) in [4.78, 5) is 13.5. The molecule has 6 bridgehead atoms. The number of ether oxygens (including phenoxy) is 3. The maximum atomic E-state index is 13.5. The Bertz CT molecular complexity index is 1920. The first-order valence-electron chi connectivity index (χ1n) is 18.2. The minimum atomic E-state index is -0.785. The number of aliphatic hydroxyl groups is 1. The van der Waals surface area contributed by atoms with E-state index in [1.807, 2.05) is 42.5 Å². The van der Waals surface area contributed by atoms with Crippen LogP contribution in [0.2, 0.25) is 0 Å². The number of aryl methyl sites for hydroxylation is 2. The fourth-order valence-corrected chi connectivity index (χ4v) is 7.09. The minimum absolute atomic E-state index is 0.126. The van der Waals surface area contributed by atoms with Crippen molar-refractivity contribution in [1.82, 2.24) is 0 Å². The number of rotatable bonds is 9. The number of carbonyl (C=O) groups excluding carboxylic acids is 1. The van der Waals surface area contributed by atoms with Gasteiger partial charge in [0.1, 0.15) is 29.8 Å². The van der Waals surface area contributed by atoms with Crippen LogP contribution in [0.15, 0.2) is 84.9 Å². The fourth-order valence-electron chi connectivity index (χ4n) is 7.09. The molecule has 0 radical (unpaired) electrons. The molecule has 0 fully saturated rings. The van der Waals surface area contributed by atoms with Gasteiger partial charge in [0.25, 0.3) is 0 Å². The van der Waals surface area contributed by atoms with Gasteiger partial charge in [0.15, 0.2) is 11.5 Å². The summed E-state index contributed by atoms with van der Waals surface area (Å²) in [5, 5.41) is 25.5. The van der Waals surface area contributed by atoms with E-state index >= 15 is 0 Å². The summed E-state index contributed by atoms with van der Waals surface area (Å²) >= 11 is 0. The molecule has 0 amide bonds. The highest BCUT2D eigenvalue weighted by Gasteiger charge is 2.35. The summed E-state index contributed by atoms with van der Waals surface area (Å²) in [6, 6.07) is 24.0. The number of fused-ring (bicyclic) bond motifs is 7. The highest BCUT2D eigenvalue weighted by molar-refractivity contribution is 5.88. The van der Waals surface area contributed by atoms with E-state index in [9.17, 15) is 15.0 Å². The van der Waals surface area contributed by atoms with E-state index in [0.717, 1.165) is 65.3 Å². The smallest absolute Gasteiger partial charge is 0.161 e. The SMILES string of the molecule is COc1ccc2cc1OCc1ccc3c(c(O)ccc3c1)CC#CO[C@@]1(C=C[C@@H](CCCCc3cccc(NC[C@H](C)O)c3)CC1)CC(=O)CC2. The third-order valence-corrected chi connectivity index (χ3v) is 10.0. The number of phenolic OH excluding ortho intramolecular Hbond substituents is 1. The standard InChI is InChI=1S/C44H49NO6/c1-31(46)29-45-37-10-5-9-33(26-37)8-4-3-7-32-20-22-44(23-21-32)28-38(47)16-12-34-14-19-42(49-2)43(27-34)50-30-35-13-17-39-36(25-35)15-18-41(48)40(39)11-6-24-51-44/h5,9-10,13-15,17-20,22,25-27,31-32,45-46,48H,3-4,7-8,11-12,16,21,23,28-30H2,1-2H3/t31-,32+,44+/m0/s1. The van der Waals surface area contributed by atoms with Gasteiger partial charge in [0.05, 0.1) is 19.6 Å². The van der Waals surface area contributed by atoms with Gasteiger partial charge in [0, 0.05) is 30.6 Å². The third kappa shape index (κ3) is 9.65. The van der Waals surface area contributed by atoms with Crippen LogP contribution in [0.3, 0.4) is 0 Å². The molecule has 4 aromatic rings. The lowest BCUT2D eigenvalue weighted by Crippen LogP contribution is -2.35. The molecule has 3 aliphatic rings. The first-order chi connectivity index (χ1) is 24.8. The molecule has 51 heavy (non-hydrogen) atoms. The Hall–Kier alpha value is -4.93. The topological polar surface area (TPSA) is 97.2 Å². The van der Waals surface area contributed by atoms with Crippen LogP contribution in [-0.4, -0.2) is 41.4 Å². The van der Waals surface area contributed by atoms with Gasteiger partial charge in [-0.1, -0.05) is 54.8 Å². The predicted octanol–water partition coefficient (Wildman–Crippen LogP) is 8.47. The monoisotopic (exact) mass is 687 g/mol. The Morgan fingerprint density at radius 3 is 2.75 bits per heavy atom. The van der Waals surface area contributed by atoms with Crippen LogP contribution < -0.4 is 14.8 Å². The molecule has 266 valence electrons. The lowest BCUT2D eigenvalue weighted by Gasteiger charge is -2.33. The van der Waals surface area contributed by atoms with Gasteiger partial charge in [-0.25, -0.2) is 0 Å². The quantitative estimate of drug-likeness (QED) is 0.0923. The average molecular weight is 688 g/mol. The maximum Gasteiger partial charge on any atom is 0.161 e. The van der Waals surface area contributed by atoms with Crippen molar-refractivity contribution in [3.05, 3.63) is 107 Å². The second-order valence-corrected chi connectivity index (χ2v) is 14.1. The average Bonchev–Trinajstić information content (AvgIpc) is 3.14. The number of aliphatic hydroxyl groups excluding tert-OH is 1. The number of unbranched alkanes of at least 4 members (excludes halogenated alkanes) is 1. The molecule has 2 heterocycles. The molecule has 2 aliphatic heterocycles. The molecule has 7 heteroatoms. The van der Waals surface area contributed by atoms with E-state index in [1.165, 1.54) is 5.56 Å². The van der Waals surface area contributed by atoms with Crippen LogP contribution in [0.1, 0.15) is 74.1 Å². The van der Waals surface area contributed by atoms with Crippen LogP contribution >= 0.6 is 0 Å². The summed E-state index contributed by atoms with van der Waals surface area (Å²) in [7, 11) is 1.63. The van der Waals surface area contributed by atoms with Gasteiger partial charge in [-0.3, -0.25) is 4.79 Å². The molecule has 7 rings (SSSR count). The number of carbonyl (C=O) groups is 1. The van der Waals surface area contributed by atoms with Crippen molar-refractivity contribution in [3.8, 4) is 29.3 Å². The zero-order chi connectivity index (χ0) is 35.6. The molecule has 0 aromatic heterocycles. The zero-order valence-corrected chi connectivity index (χ0v) is 29.8. The van der Waals surface area contributed by atoms with Gasteiger partial charge in [-0.05, 0) is 121 Å². The highest BCUT2D eigenvalue weighted by atomic mass is 16.5. The number of allylic oxidation sites excluding steroid dienone is 1. The molecule has 3 atom stereocenters. The second-order valence-electron chi connectivity index (χ2n) is 14.1. The van der Waals surface area contributed by atoms with Crippen LogP contribution in [0, 0.1) is 17.9 Å². The molecule has 1 spiro atoms. The molecule has 0 unspecified atom stereocenters. The molecular formula is C44H49NO6. The Balaban J connectivity index is 1.16. The number of nitrogens with one attached hydrogen (secondary N) is 1. The van der Waals surface area contributed by atoms with Crippen molar-refractivity contribution in [2.75, 3.05) is 19.0 Å². The van der Waals surface area contributed by atoms with Crippen molar-refractivity contribution in [2.45, 2.75) is 89.4 Å². The number of hydrogen-bond acceptors (Lipinski definition) is 7. The van der Waals surface area contributed by atoms with Crippen molar-refractivity contribution in [3.63, 3.8) is 0 Å². The number of Topliss-reactive ketones (excluding diaryl/α,β-unsaturated/α-hetero) is 1. The van der Waals surface area contributed by atoms with Crippen LogP contribution in [-0.2, 0) is 35.4 Å². The molecule has 7 nitrogen and oxygen atoms in total. The van der Waals surface area contributed by atoms with Gasteiger partial charge in [0.2, 0.25) is 0 Å². The van der Waals surface area contributed by atoms with E-state index in [1.54, 1.807) is 20.1 Å². The number of ketones is 1. The Kier molecular flexibility index (Phi) is 11.9. The lowest BCUT2D eigenvalue weighted by molar-refractivity contribution is -0.122. The Morgan fingerprint density at radius 2 is 1.92 bits per heavy atom. The van der Waals surface area contributed by atoms with E-state index in [0.29, 0.717) is 56.3 Å². The summed E-state index contributed by atoms with van der Waals surface area (Å²) in [5.74, 6) is 5.17. The predicted molar refractivity (Wildman–Crippen MR) is 202 cm³/mol. The number of hydrogen-bond donors (Lipinski definition) is 3. The van der Waals surface area contributed by atoms with Crippen LogP contribution in [0.5, 0.6) is 17.2 Å². The van der Waals surface area contributed by atoms with E-state index < -0.39 is 5.60 Å². The molecule has 0 saturated carbocycles. The number of anilines is 1. The normalized spacial score (nSPS) is 19.7. The largest absolute Gasteiger partial charge is 0.508 e. The van der Waals surface area contributed by atoms with Crippen molar-refractivity contribution in [1.29, 1.82) is 0 Å². The minimum Gasteiger partial charge on any atom is -0.508 e. The van der Waals surface area contributed by atoms with Gasteiger partial charge in [-0.15, -0.1) is 0 Å². The van der Waals surface area contributed by atoms with Crippen molar-refractivity contribution < 1.29 is 29.2 Å². The van der Waals surface area contributed by atoms with Gasteiger partial charge in [-0.2, -0.15) is 0 Å². The van der Waals surface area contributed by atoms with Crippen LogP contribution in [0.25, 0.3) is 10.8 Å². The number of phenols is 1. The Morgan fingerprint density at radius 1 is 1.04 bits per heavy atom. The first kappa shape index (κ1) is 35.9. The maximum absolute atomic E-state index is 13.5. The molecule has 4 aromatic carbocycles. The van der Waals surface area contributed by atoms with E-state index in [2.05, 4.69) is 53.8 Å². The van der Waals surface area contributed by atoms with E-state index in [-0.39, 0.29) is 24.1 Å². The summed E-state index contributed by atoms with van der Waals surface area (Å²) in [6.45, 7) is 2.67. The van der Waals surface area contributed by atoms with Crippen LogP contribution in [0.4, 0.5) is 5.69 Å². The summed E-state index contributed by atoms with van der Waals surface area (Å²) in [5.41, 5.74) is 4.29. The Labute approximate surface area is 301 Å². The van der Waals surface area contributed by atoms with Gasteiger partial charge >= 0.3 is 0 Å². The van der Waals surface area contributed by atoms with Crippen molar-refractivity contribution in [2.24, 2.45) is 5.92 Å². The second kappa shape index (κ2) is 16.9. The van der Waals surface area contributed by atoms with E-state index in [4.69, 9.17) is 14.2 Å². The molecule has 3 N–H and O–H groups in total. The lowest BCUT2D eigenvalue weighted by atomic mass is 9.79. The first-order valence-corrected chi connectivity index (χ1v) is 18.2. The van der Waals surface area contributed by atoms with Crippen molar-refractivity contribution >= 4 is 22.2 Å². The number of aromatic hydroxyl groups is 1. The summed E-state index contributed by atoms with van der Waals surface area (Å²) < 4.78 is 18.1. The number of methoxy groups -OCH3 is 1. The number of benzene rings is 4. The summed E-state index contributed by atoms with van der Waals surface area (Å²) in [6.07, 6.45) is 14.4. The fraction of sp³-hybridized carbons (Fsp3) is 0.386. The zero-order valence-electron chi connectivity index (χ0n) is 29.8. The molecule has 0 saturated heterocycles. The van der Waals surface area contributed by atoms with Gasteiger partial charge < -0.3 is 29.7 Å². The third-order valence-electron chi connectivity index (χ3n) is 10.0.